The van der Waals surface area contributed by atoms with Crippen molar-refractivity contribution in [3.05, 3.63) is 58.7 Å². The number of aryl methyl sites for hydroxylation is 2. The first-order chi connectivity index (χ1) is 15.0. The van der Waals surface area contributed by atoms with Crippen LogP contribution in [0.25, 0.3) is 0 Å². The topological polar surface area (TPSA) is 84.0 Å². The van der Waals surface area contributed by atoms with Crippen LogP contribution >= 0.6 is 0 Å². The van der Waals surface area contributed by atoms with Gasteiger partial charge in [-0.25, -0.2) is 4.99 Å². The maximum absolute atomic E-state index is 11.6. The van der Waals surface area contributed by atoms with Gasteiger partial charge in [0.15, 0.2) is 24.1 Å². The molecule has 0 aliphatic heterocycles. The Morgan fingerprint density at radius 1 is 0.968 bits per heavy atom. The highest BCUT2D eigenvalue weighted by Crippen LogP contribution is 2.28. The molecule has 31 heavy (non-hydrogen) atoms. The van der Waals surface area contributed by atoms with Gasteiger partial charge in [-0.3, -0.25) is 4.79 Å². The quantitative estimate of drug-likeness (QED) is 0.402. The van der Waals surface area contributed by atoms with Gasteiger partial charge in [-0.1, -0.05) is 29.8 Å². The highest BCUT2D eigenvalue weighted by molar-refractivity contribution is 5.79. The molecule has 0 spiro atoms. The molecule has 0 saturated carbocycles. The van der Waals surface area contributed by atoms with E-state index in [0.717, 1.165) is 18.1 Å². The lowest BCUT2D eigenvalue weighted by Gasteiger charge is -2.14. The molecule has 0 aliphatic rings. The van der Waals surface area contributed by atoms with Crippen LogP contribution in [0, 0.1) is 13.8 Å². The maximum atomic E-state index is 11.6. The maximum Gasteiger partial charge on any atom is 0.257 e. The Morgan fingerprint density at radius 3 is 2.42 bits per heavy atom. The SMILES string of the molecule is CCNC(=O)COc1ccc(CN=C(NCC)NCc2ccc(C)cc2C)cc1OC. The summed E-state index contributed by atoms with van der Waals surface area (Å²) >= 11 is 0. The van der Waals surface area contributed by atoms with Gasteiger partial charge in [0.1, 0.15) is 0 Å². The number of carbonyl (C=O) groups is 1. The lowest BCUT2D eigenvalue weighted by molar-refractivity contribution is -0.123. The summed E-state index contributed by atoms with van der Waals surface area (Å²) in [6.07, 6.45) is 0. The summed E-state index contributed by atoms with van der Waals surface area (Å²) < 4.78 is 11.0. The van der Waals surface area contributed by atoms with E-state index in [4.69, 9.17) is 9.47 Å². The van der Waals surface area contributed by atoms with Crippen molar-refractivity contribution in [3.8, 4) is 11.5 Å². The number of ether oxygens (including phenoxy) is 2. The van der Waals surface area contributed by atoms with Gasteiger partial charge in [-0.2, -0.15) is 0 Å². The number of methoxy groups -OCH3 is 1. The summed E-state index contributed by atoms with van der Waals surface area (Å²) in [7, 11) is 1.58. The largest absolute Gasteiger partial charge is 0.493 e. The van der Waals surface area contributed by atoms with Crippen LogP contribution in [0.5, 0.6) is 11.5 Å². The third-order valence-electron chi connectivity index (χ3n) is 4.67. The van der Waals surface area contributed by atoms with Gasteiger partial charge in [0, 0.05) is 19.6 Å². The van der Waals surface area contributed by atoms with Gasteiger partial charge in [-0.15, -0.1) is 0 Å². The van der Waals surface area contributed by atoms with Gasteiger partial charge in [0.25, 0.3) is 5.91 Å². The standard InChI is InChI=1S/C24H34N4O3/c1-6-25-23(29)16-31-21-11-9-19(13-22(21)30-5)14-27-24(26-7-2)28-15-20-10-8-17(3)12-18(20)4/h8-13H,6-7,14-16H2,1-5H3,(H,25,29)(H2,26,27,28). The molecule has 0 atom stereocenters. The number of guanidine groups is 1. The average Bonchev–Trinajstić information content (AvgIpc) is 2.75. The number of benzene rings is 2. The van der Waals surface area contributed by atoms with Gasteiger partial charge in [0.2, 0.25) is 0 Å². The molecule has 3 N–H and O–H groups in total. The van der Waals surface area contributed by atoms with Gasteiger partial charge < -0.3 is 25.4 Å². The number of nitrogens with one attached hydrogen (secondary N) is 3. The normalized spacial score (nSPS) is 11.1. The Labute approximate surface area is 185 Å². The summed E-state index contributed by atoms with van der Waals surface area (Å²) in [5.74, 6) is 1.69. The van der Waals surface area contributed by atoms with Crippen molar-refractivity contribution in [3.63, 3.8) is 0 Å². The van der Waals surface area contributed by atoms with E-state index in [2.05, 4.69) is 53.0 Å². The molecule has 0 aliphatic carbocycles. The molecule has 1 amide bonds. The number of rotatable bonds is 10. The number of hydrogen-bond donors (Lipinski definition) is 3. The second-order valence-electron chi connectivity index (χ2n) is 7.21. The lowest BCUT2D eigenvalue weighted by Crippen LogP contribution is -2.36. The van der Waals surface area contributed by atoms with E-state index in [1.54, 1.807) is 13.2 Å². The number of carbonyl (C=O) groups excluding carboxylic acids is 1. The molecule has 0 bridgehead atoms. The fourth-order valence-electron chi connectivity index (χ4n) is 3.06. The fraction of sp³-hybridized carbons (Fsp3) is 0.417. The Bertz CT molecular complexity index is 896. The summed E-state index contributed by atoms with van der Waals surface area (Å²) in [6, 6.07) is 12.1. The van der Waals surface area contributed by atoms with E-state index >= 15 is 0 Å². The van der Waals surface area contributed by atoms with Gasteiger partial charge >= 0.3 is 0 Å². The molecule has 7 heteroatoms. The van der Waals surface area contributed by atoms with E-state index in [-0.39, 0.29) is 12.5 Å². The first kappa shape index (κ1) is 24.1. The average molecular weight is 427 g/mol. The minimum Gasteiger partial charge on any atom is -0.493 e. The van der Waals surface area contributed by atoms with E-state index in [1.807, 2.05) is 26.0 Å². The van der Waals surface area contributed by atoms with Crippen LogP contribution in [-0.4, -0.2) is 38.7 Å². The monoisotopic (exact) mass is 426 g/mol. The molecule has 2 aromatic rings. The van der Waals surface area contributed by atoms with Crippen molar-refractivity contribution in [1.82, 2.24) is 16.0 Å². The molecule has 168 valence electrons. The molecular formula is C24H34N4O3. The van der Waals surface area contributed by atoms with Crippen LogP contribution in [0.4, 0.5) is 0 Å². The zero-order valence-corrected chi connectivity index (χ0v) is 19.2. The number of hydrogen-bond acceptors (Lipinski definition) is 4. The number of likely N-dealkylation sites (N-methyl/N-ethyl adjacent to an activating group) is 1. The predicted octanol–water partition coefficient (Wildman–Crippen LogP) is 3.08. The van der Waals surface area contributed by atoms with E-state index < -0.39 is 0 Å². The lowest BCUT2D eigenvalue weighted by atomic mass is 10.1. The second-order valence-corrected chi connectivity index (χ2v) is 7.21. The van der Waals surface area contributed by atoms with Crippen LogP contribution in [-0.2, 0) is 17.9 Å². The van der Waals surface area contributed by atoms with Gasteiger partial charge in [-0.05, 0) is 56.5 Å². The highest BCUT2D eigenvalue weighted by atomic mass is 16.5. The number of aliphatic imine (C=N–C) groups is 1. The van der Waals surface area contributed by atoms with Crippen molar-refractivity contribution in [2.75, 3.05) is 26.8 Å². The fourth-order valence-corrected chi connectivity index (χ4v) is 3.06. The first-order valence-corrected chi connectivity index (χ1v) is 10.6. The molecular weight excluding hydrogens is 392 g/mol. The Morgan fingerprint density at radius 2 is 1.74 bits per heavy atom. The van der Waals surface area contributed by atoms with Crippen molar-refractivity contribution in [2.45, 2.75) is 40.8 Å². The molecule has 0 fully saturated rings. The predicted molar refractivity (Wildman–Crippen MR) is 125 cm³/mol. The molecule has 2 rings (SSSR count). The van der Waals surface area contributed by atoms with Crippen molar-refractivity contribution in [2.24, 2.45) is 4.99 Å². The Kier molecular flexibility index (Phi) is 9.68. The van der Waals surface area contributed by atoms with Crippen LogP contribution in [0.15, 0.2) is 41.4 Å². The zero-order chi connectivity index (χ0) is 22.6. The summed E-state index contributed by atoms with van der Waals surface area (Å²) in [5.41, 5.74) is 4.74. The molecule has 7 nitrogen and oxygen atoms in total. The van der Waals surface area contributed by atoms with E-state index in [1.165, 1.54) is 16.7 Å². The first-order valence-electron chi connectivity index (χ1n) is 10.6. The Hall–Kier alpha value is -3.22. The van der Waals surface area contributed by atoms with Crippen LogP contribution in [0.1, 0.15) is 36.1 Å². The smallest absolute Gasteiger partial charge is 0.257 e. The molecule has 0 saturated heterocycles. The summed E-state index contributed by atoms with van der Waals surface area (Å²) in [4.78, 5) is 16.3. The van der Waals surface area contributed by atoms with E-state index in [0.29, 0.717) is 31.1 Å². The Balaban J connectivity index is 2.03. The zero-order valence-electron chi connectivity index (χ0n) is 19.2. The van der Waals surface area contributed by atoms with Crippen LogP contribution in [0.3, 0.4) is 0 Å². The van der Waals surface area contributed by atoms with Gasteiger partial charge in [0.05, 0.1) is 13.7 Å². The molecule has 0 unspecified atom stereocenters. The number of nitrogens with zero attached hydrogens (tertiary/aromatic N) is 1. The minimum atomic E-state index is -0.164. The molecule has 0 radical (unpaired) electrons. The van der Waals surface area contributed by atoms with Crippen LogP contribution in [0.2, 0.25) is 0 Å². The third kappa shape index (κ3) is 7.85. The van der Waals surface area contributed by atoms with E-state index in [9.17, 15) is 4.79 Å². The number of amides is 1. The summed E-state index contributed by atoms with van der Waals surface area (Å²) in [5, 5.41) is 9.37. The van der Waals surface area contributed by atoms with Crippen molar-refractivity contribution < 1.29 is 14.3 Å². The van der Waals surface area contributed by atoms with Crippen molar-refractivity contribution in [1.29, 1.82) is 0 Å². The third-order valence-corrected chi connectivity index (χ3v) is 4.67. The molecule has 0 aromatic heterocycles. The minimum absolute atomic E-state index is 0.0470. The summed E-state index contributed by atoms with van der Waals surface area (Å²) in [6.45, 7) is 10.6. The van der Waals surface area contributed by atoms with Crippen molar-refractivity contribution >= 4 is 11.9 Å². The highest BCUT2D eigenvalue weighted by Gasteiger charge is 2.09. The van der Waals surface area contributed by atoms with Crippen LogP contribution < -0.4 is 25.4 Å². The second kappa shape index (κ2) is 12.5. The molecule has 0 heterocycles. The molecule has 2 aromatic carbocycles.